The van der Waals surface area contributed by atoms with Crippen molar-refractivity contribution in [3.05, 3.63) is 65.0 Å². The van der Waals surface area contributed by atoms with Crippen LogP contribution in [0.3, 0.4) is 0 Å². The molecule has 0 saturated carbocycles. The van der Waals surface area contributed by atoms with Gasteiger partial charge in [-0.3, -0.25) is 14.5 Å². The Morgan fingerprint density at radius 3 is 2.80 bits per heavy atom. The van der Waals surface area contributed by atoms with Gasteiger partial charge in [-0.15, -0.1) is 0 Å². The molecule has 1 saturated heterocycles. The van der Waals surface area contributed by atoms with Gasteiger partial charge in [0.15, 0.2) is 0 Å². The number of nitrogens with one attached hydrogen (secondary N) is 2. The van der Waals surface area contributed by atoms with Crippen LogP contribution in [0, 0.1) is 5.82 Å². The van der Waals surface area contributed by atoms with Gasteiger partial charge in [0.05, 0.1) is 5.92 Å². The zero-order chi connectivity index (χ0) is 21.1. The summed E-state index contributed by atoms with van der Waals surface area (Å²) in [6.07, 6.45) is 3.81. The minimum atomic E-state index is -0.608. The predicted octanol–water partition coefficient (Wildman–Crippen LogP) is 3.94. The Bertz CT molecular complexity index is 946. The zero-order valence-electron chi connectivity index (χ0n) is 17.3. The van der Waals surface area contributed by atoms with Crippen molar-refractivity contribution in [2.24, 2.45) is 0 Å². The lowest BCUT2D eigenvalue weighted by atomic mass is 9.89. The van der Waals surface area contributed by atoms with Crippen LogP contribution in [0.5, 0.6) is 0 Å². The van der Waals surface area contributed by atoms with Gasteiger partial charge in [-0.1, -0.05) is 36.8 Å². The molecule has 2 aromatic carbocycles. The summed E-state index contributed by atoms with van der Waals surface area (Å²) in [5.74, 6) is -1.52. The SMILES string of the molecule is CC1CCCCN1Cc1ccccc1CNC(=O)C1CC(=O)Nc2cc(F)ccc21. The first-order valence-corrected chi connectivity index (χ1v) is 10.7. The Labute approximate surface area is 176 Å². The number of halogens is 1. The fourth-order valence-electron chi connectivity index (χ4n) is 4.47. The van der Waals surface area contributed by atoms with Crippen LogP contribution in [0.4, 0.5) is 10.1 Å². The van der Waals surface area contributed by atoms with E-state index in [0.29, 0.717) is 23.8 Å². The second-order valence-electron chi connectivity index (χ2n) is 8.34. The summed E-state index contributed by atoms with van der Waals surface area (Å²) in [4.78, 5) is 27.4. The van der Waals surface area contributed by atoms with E-state index in [4.69, 9.17) is 0 Å². The molecule has 2 aliphatic heterocycles. The Morgan fingerprint density at radius 2 is 2.00 bits per heavy atom. The van der Waals surface area contributed by atoms with Gasteiger partial charge in [-0.2, -0.15) is 0 Å². The Hall–Kier alpha value is -2.73. The van der Waals surface area contributed by atoms with Gasteiger partial charge < -0.3 is 10.6 Å². The first kappa shape index (κ1) is 20.5. The van der Waals surface area contributed by atoms with Gasteiger partial charge in [0.1, 0.15) is 5.82 Å². The highest BCUT2D eigenvalue weighted by atomic mass is 19.1. The van der Waals surface area contributed by atoms with Crippen LogP contribution in [-0.4, -0.2) is 29.3 Å². The summed E-state index contributed by atoms with van der Waals surface area (Å²) in [5.41, 5.74) is 3.34. The first-order chi connectivity index (χ1) is 14.5. The lowest BCUT2D eigenvalue weighted by Crippen LogP contribution is -2.37. The molecule has 30 heavy (non-hydrogen) atoms. The molecule has 2 atom stereocenters. The molecular weight excluding hydrogens is 381 g/mol. The van der Waals surface area contributed by atoms with Crippen molar-refractivity contribution in [3.8, 4) is 0 Å². The number of carbonyl (C=O) groups is 2. The topological polar surface area (TPSA) is 61.4 Å². The van der Waals surface area contributed by atoms with E-state index >= 15 is 0 Å². The normalized spacial score (nSPS) is 21.6. The number of amides is 2. The quantitative estimate of drug-likeness (QED) is 0.786. The van der Waals surface area contributed by atoms with Crippen molar-refractivity contribution < 1.29 is 14.0 Å². The van der Waals surface area contributed by atoms with E-state index in [2.05, 4.69) is 28.5 Å². The van der Waals surface area contributed by atoms with Crippen LogP contribution in [-0.2, 0) is 22.7 Å². The number of carbonyl (C=O) groups excluding carboxylic acids is 2. The second kappa shape index (κ2) is 8.96. The average Bonchev–Trinajstić information content (AvgIpc) is 2.73. The molecule has 0 bridgehead atoms. The Balaban J connectivity index is 1.45. The van der Waals surface area contributed by atoms with E-state index in [1.54, 1.807) is 6.07 Å². The molecule has 2 aliphatic rings. The number of rotatable bonds is 5. The maximum Gasteiger partial charge on any atom is 0.228 e. The van der Waals surface area contributed by atoms with Gasteiger partial charge >= 0.3 is 0 Å². The van der Waals surface area contributed by atoms with Crippen molar-refractivity contribution in [1.82, 2.24) is 10.2 Å². The first-order valence-electron chi connectivity index (χ1n) is 10.7. The lowest BCUT2D eigenvalue weighted by Gasteiger charge is -2.33. The van der Waals surface area contributed by atoms with Crippen LogP contribution in [0.2, 0.25) is 0 Å². The van der Waals surface area contributed by atoms with E-state index in [9.17, 15) is 14.0 Å². The molecule has 2 unspecified atom stereocenters. The molecular formula is C24H28FN3O2. The summed E-state index contributed by atoms with van der Waals surface area (Å²) in [7, 11) is 0. The molecule has 158 valence electrons. The van der Waals surface area contributed by atoms with Crippen LogP contribution in [0.1, 0.15) is 55.2 Å². The molecule has 2 N–H and O–H groups in total. The van der Waals surface area contributed by atoms with E-state index in [0.717, 1.165) is 18.7 Å². The number of piperidine rings is 1. The largest absolute Gasteiger partial charge is 0.351 e. The summed E-state index contributed by atoms with van der Waals surface area (Å²) in [5, 5.41) is 5.66. The maximum absolute atomic E-state index is 13.5. The van der Waals surface area contributed by atoms with Crippen molar-refractivity contribution in [2.75, 3.05) is 11.9 Å². The van der Waals surface area contributed by atoms with Crippen LogP contribution in [0.15, 0.2) is 42.5 Å². The van der Waals surface area contributed by atoms with Crippen molar-refractivity contribution in [1.29, 1.82) is 0 Å². The molecule has 2 heterocycles. The number of hydrogen-bond donors (Lipinski definition) is 2. The van der Waals surface area contributed by atoms with Gasteiger partial charge in [-0.05, 0) is 55.1 Å². The van der Waals surface area contributed by atoms with Crippen molar-refractivity contribution in [2.45, 2.75) is 57.7 Å². The highest BCUT2D eigenvalue weighted by molar-refractivity contribution is 6.01. The van der Waals surface area contributed by atoms with Gasteiger partial charge in [-0.25, -0.2) is 4.39 Å². The monoisotopic (exact) mass is 409 g/mol. The number of likely N-dealkylation sites (tertiary alicyclic amines) is 1. The van der Waals surface area contributed by atoms with Crippen LogP contribution < -0.4 is 10.6 Å². The number of nitrogens with zero attached hydrogens (tertiary/aromatic N) is 1. The minimum Gasteiger partial charge on any atom is -0.351 e. The summed E-state index contributed by atoms with van der Waals surface area (Å²) in [6.45, 7) is 4.66. The Morgan fingerprint density at radius 1 is 1.20 bits per heavy atom. The lowest BCUT2D eigenvalue weighted by molar-refractivity contribution is -0.126. The van der Waals surface area contributed by atoms with E-state index in [1.165, 1.54) is 37.0 Å². The van der Waals surface area contributed by atoms with Gasteiger partial charge in [0, 0.05) is 31.2 Å². The second-order valence-corrected chi connectivity index (χ2v) is 8.34. The third-order valence-corrected chi connectivity index (χ3v) is 6.26. The highest BCUT2D eigenvalue weighted by Gasteiger charge is 2.31. The molecule has 1 fully saturated rings. The number of anilines is 1. The van der Waals surface area contributed by atoms with Crippen LogP contribution in [0.25, 0.3) is 0 Å². The minimum absolute atomic E-state index is 0.0669. The van der Waals surface area contributed by atoms with Crippen LogP contribution >= 0.6 is 0 Å². The molecule has 0 aromatic heterocycles. The molecule has 5 nitrogen and oxygen atoms in total. The van der Waals surface area contributed by atoms with E-state index in [1.807, 2.05) is 18.2 Å². The summed E-state index contributed by atoms with van der Waals surface area (Å²) in [6, 6.07) is 12.9. The molecule has 6 heteroatoms. The zero-order valence-corrected chi connectivity index (χ0v) is 17.3. The van der Waals surface area contributed by atoms with E-state index in [-0.39, 0.29) is 18.2 Å². The molecule has 2 amide bonds. The fourth-order valence-corrected chi connectivity index (χ4v) is 4.47. The standard InChI is InChI=1S/C24H28FN3O2/c1-16-6-4-5-11-28(16)15-18-8-3-2-7-17(18)14-26-24(30)21-13-23(29)27-22-12-19(25)9-10-20(21)22/h2-3,7-10,12,16,21H,4-6,11,13-15H2,1H3,(H,26,30)(H,27,29). The number of fused-ring (bicyclic) bond motifs is 1. The molecule has 0 aliphatic carbocycles. The summed E-state index contributed by atoms with van der Waals surface area (Å²) < 4.78 is 13.5. The fraction of sp³-hybridized carbons (Fsp3) is 0.417. The molecule has 0 spiro atoms. The van der Waals surface area contributed by atoms with Gasteiger partial charge in [0.2, 0.25) is 11.8 Å². The molecule has 4 rings (SSSR count). The molecule has 2 aromatic rings. The highest BCUT2D eigenvalue weighted by Crippen LogP contribution is 2.33. The smallest absolute Gasteiger partial charge is 0.228 e. The Kier molecular flexibility index (Phi) is 6.13. The third-order valence-electron chi connectivity index (χ3n) is 6.26. The number of benzene rings is 2. The molecule has 0 radical (unpaired) electrons. The predicted molar refractivity (Wildman–Crippen MR) is 114 cm³/mol. The van der Waals surface area contributed by atoms with Gasteiger partial charge in [0.25, 0.3) is 0 Å². The van der Waals surface area contributed by atoms with Crippen molar-refractivity contribution in [3.63, 3.8) is 0 Å². The number of hydrogen-bond acceptors (Lipinski definition) is 3. The van der Waals surface area contributed by atoms with Crippen molar-refractivity contribution >= 4 is 17.5 Å². The maximum atomic E-state index is 13.5. The third kappa shape index (κ3) is 4.54. The summed E-state index contributed by atoms with van der Waals surface area (Å²) >= 11 is 0. The van der Waals surface area contributed by atoms with E-state index < -0.39 is 11.7 Å². The average molecular weight is 410 g/mol.